The summed E-state index contributed by atoms with van der Waals surface area (Å²) < 4.78 is 0. The minimum atomic E-state index is -0.421. The first-order chi connectivity index (χ1) is 7.02. The van der Waals surface area contributed by atoms with E-state index in [1.807, 2.05) is 0 Å². The lowest BCUT2D eigenvalue weighted by molar-refractivity contribution is -0.137. The van der Waals surface area contributed by atoms with E-state index in [0.29, 0.717) is 25.2 Å². The summed E-state index contributed by atoms with van der Waals surface area (Å²) >= 11 is 0. The van der Waals surface area contributed by atoms with Crippen molar-refractivity contribution in [3.8, 4) is 0 Å². The Labute approximate surface area is 88.8 Å². The van der Waals surface area contributed by atoms with Crippen LogP contribution < -0.4 is 5.32 Å². The van der Waals surface area contributed by atoms with E-state index in [4.69, 9.17) is 5.11 Å². The molecular weight excluding hydrogens is 196 g/mol. The third kappa shape index (κ3) is 3.14. The first kappa shape index (κ1) is 11.9. The number of rotatable bonds is 5. The molecule has 0 saturated carbocycles. The fraction of sp³-hybridized carbons (Fsp3) is 0.600. The molecule has 1 unspecified atom stereocenters. The van der Waals surface area contributed by atoms with Gasteiger partial charge in [0.15, 0.2) is 0 Å². The molecule has 2 amide bonds. The summed E-state index contributed by atoms with van der Waals surface area (Å²) in [6.07, 6.45) is 0.923. The smallest absolute Gasteiger partial charge is 0.256 e. The van der Waals surface area contributed by atoms with Gasteiger partial charge in [0, 0.05) is 31.3 Å². The van der Waals surface area contributed by atoms with Crippen molar-refractivity contribution in [3.05, 3.63) is 11.6 Å². The molecule has 0 fully saturated rings. The summed E-state index contributed by atoms with van der Waals surface area (Å²) in [5.74, 6) is -0.477. The van der Waals surface area contributed by atoms with Crippen LogP contribution in [-0.2, 0) is 9.59 Å². The van der Waals surface area contributed by atoms with Crippen molar-refractivity contribution in [2.45, 2.75) is 20.0 Å². The number of carbonyl (C=O) groups is 2. The molecule has 0 saturated heterocycles. The van der Waals surface area contributed by atoms with E-state index in [9.17, 15) is 9.59 Å². The third-order valence-corrected chi connectivity index (χ3v) is 2.14. The van der Waals surface area contributed by atoms with E-state index in [2.05, 4.69) is 5.32 Å². The average Bonchev–Trinajstić information content (AvgIpc) is 2.37. The van der Waals surface area contributed by atoms with Crippen molar-refractivity contribution in [2.75, 3.05) is 19.6 Å². The van der Waals surface area contributed by atoms with Crippen LogP contribution in [0.5, 0.6) is 0 Å². The Morgan fingerprint density at radius 1 is 1.53 bits per heavy atom. The Balaban J connectivity index is 2.29. The minimum Gasteiger partial charge on any atom is -0.392 e. The molecule has 0 aromatic heterocycles. The largest absolute Gasteiger partial charge is 0.392 e. The maximum absolute atomic E-state index is 11.4. The second-order valence-corrected chi connectivity index (χ2v) is 3.68. The number of carbonyl (C=O) groups excluding carboxylic acids is 2. The van der Waals surface area contributed by atoms with Gasteiger partial charge in [-0.25, -0.2) is 0 Å². The number of aliphatic hydroxyl groups excluding tert-OH is 1. The Hall–Kier alpha value is -1.20. The molecule has 1 aliphatic heterocycles. The lowest BCUT2D eigenvalue weighted by atomic mass is 10.3. The molecular formula is C10H16N2O3. The number of hydrogen-bond donors (Lipinski definition) is 2. The van der Waals surface area contributed by atoms with Crippen LogP contribution in [0.25, 0.3) is 0 Å². The highest BCUT2D eigenvalue weighted by atomic mass is 16.3. The molecule has 0 aromatic carbocycles. The van der Waals surface area contributed by atoms with Crippen LogP contribution >= 0.6 is 0 Å². The molecule has 0 radical (unpaired) electrons. The quantitative estimate of drug-likeness (QED) is 0.466. The summed E-state index contributed by atoms with van der Waals surface area (Å²) in [6.45, 7) is 4.61. The maximum Gasteiger partial charge on any atom is 0.256 e. The van der Waals surface area contributed by atoms with Gasteiger partial charge in [0.05, 0.1) is 6.10 Å². The van der Waals surface area contributed by atoms with Crippen molar-refractivity contribution < 1.29 is 14.7 Å². The molecule has 5 heteroatoms. The monoisotopic (exact) mass is 212 g/mol. The van der Waals surface area contributed by atoms with Gasteiger partial charge in [0.1, 0.15) is 0 Å². The molecule has 0 aromatic rings. The number of nitrogens with zero attached hydrogens (tertiary/aromatic N) is 1. The third-order valence-electron chi connectivity index (χ3n) is 2.14. The predicted octanol–water partition coefficient (Wildman–Crippen LogP) is -0.728. The SMILES string of the molecule is CC1=CC(=O)N(CCNCC(C)O)C1=O. The van der Waals surface area contributed by atoms with Gasteiger partial charge < -0.3 is 10.4 Å². The Morgan fingerprint density at radius 3 is 2.67 bits per heavy atom. The van der Waals surface area contributed by atoms with Crippen LogP contribution in [0.1, 0.15) is 13.8 Å². The number of nitrogens with one attached hydrogen (secondary N) is 1. The molecule has 2 N–H and O–H groups in total. The summed E-state index contributed by atoms with van der Waals surface area (Å²) in [6, 6.07) is 0. The van der Waals surface area contributed by atoms with Crippen LogP contribution in [0.4, 0.5) is 0 Å². The Morgan fingerprint density at radius 2 is 2.20 bits per heavy atom. The molecule has 1 heterocycles. The predicted molar refractivity (Wildman–Crippen MR) is 55.0 cm³/mol. The number of amides is 2. The zero-order valence-electron chi connectivity index (χ0n) is 8.99. The van der Waals surface area contributed by atoms with Crippen molar-refractivity contribution in [2.24, 2.45) is 0 Å². The van der Waals surface area contributed by atoms with Crippen LogP contribution in [0.3, 0.4) is 0 Å². The van der Waals surface area contributed by atoms with Crippen LogP contribution in [0.15, 0.2) is 11.6 Å². The van der Waals surface area contributed by atoms with Crippen LogP contribution in [-0.4, -0.2) is 47.6 Å². The van der Waals surface area contributed by atoms with Crippen LogP contribution in [0.2, 0.25) is 0 Å². The van der Waals surface area contributed by atoms with E-state index in [1.165, 1.54) is 11.0 Å². The summed E-state index contributed by atoms with van der Waals surface area (Å²) in [4.78, 5) is 23.9. The zero-order valence-corrected chi connectivity index (χ0v) is 8.99. The van der Waals surface area contributed by atoms with Crippen molar-refractivity contribution in [1.82, 2.24) is 10.2 Å². The second-order valence-electron chi connectivity index (χ2n) is 3.68. The number of hydrogen-bond acceptors (Lipinski definition) is 4. The van der Waals surface area contributed by atoms with E-state index < -0.39 is 6.10 Å². The average molecular weight is 212 g/mol. The van der Waals surface area contributed by atoms with E-state index >= 15 is 0 Å². The summed E-state index contributed by atoms with van der Waals surface area (Å²) in [5.41, 5.74) is 0.482. The van der Waals surface area contributed by atoms with Crippen molar-refractivity contribution in [1.29, 1.82) is 0 Å². The lowest BCUT2D eigenvalue weighted by Crippen LogP contribution is -2.38. The van der Waals surface area contributed by atoms with Gasteiger partial charge in [-0.05, 0) is 13.8 Å². The molecule has 84 valence electrons. The molecule has 1 aliphatic rings. The molecule has 1 rings (SSSR count). The maximum atomic E-state index is 11.4. The molecule has 0 spiro atoms. The fourth-order valence-electron chi connectivity index (χ4n) is 1.35. The van der Waals surface area contributed by atoms with Gasteiger partial charge >= 0.3 is 0 Å². The van der Waals surface area contributed by atoms with Gasteiger partial charge in [-0.1, -0.05) is 0 Å². The Kier molecular flexibility index (Phi) is 3.99. The highest BCUT2D eigenvalue weighted by Crippen LogP contribution is 2.10. The van der Waals surface area contributed by atoms with Crippen LogP contribution in [0, 0.1) is 0 Å². The topological polar surface area (TPSA) is 69.6 Å². The first-order valence-electron chi connectivity index (χ1n) is 4.95. The molecule has 15 heavy (non-hydrogen) atoms. The fourth-order valence-corrected chi connectivity index (χ4v) is 1.35. The minimum absolute atomic E-state index is 0.223. The summed E-state index contributed by atoms with van der Waals surface area (Å²) in [5, 5.41) is 11.9. The van der Waals surface area contributed by atoms with Gasteiger partial charge in [-0.2, -0.15) is 0 Å². The first-order valence-corrected chi connectivity index (χ1v) is 4.95. The second kappa shape index (κ2) is 5.04. The van der Waals surface area contributed by atoms with Crippen molar-refractivity contribution >= 4 is 11.8 Å². The molecule has 1 atom stereocenters. The molecule has 0 aliphatic carbocycles. The van der Waals surface area contributed by atoms with Crippen molar-refractivity contribution in [3.63, 3.8) is 0 Å². The zero-order chi connectivity index (χ0) is 11.4. The molecule has 5 nitrogen and oxygen atoms in total. The Bertz CT molecular complexity index is 297. The number of aliphatic hydroxyl groups is 1. The van der Waals surface area contributed by atoms with Gasteiger partial charge in [-0.3, -0.25) is 14.5 Å². The highest BCUT2D eigenvalue weighted by Gasteiger charge is 2.27. The lowest BCUT2D eigenvalue weighted by Gasteiger charge is -2.15. The highest BCUT2D eigenvalue weighted by molar-refractivity contribution is 6.15. The number of imide groups is 1. The van der Waals surface area contributed by atoms with Gasteiger partial charge in [-0.15, -0.1) is 0 Å². The van der Waals surface area contributed by atoms with E-state index in [1.54, 1.807) is 13.8 Å². The van der Waals surface area contributed by atoms with Gasteiger partial charge in [0.25, 0.3) is 11.8 Å². The van der Waals surface area contributed by atoms with E-state index in [-0.39, 0.29) is 11.8 Å². The summed E-state index contributed by atoms with van der Waals surface area (Å²) in [7, 11) is 0. The van der Waals surface area contributed by atoms with E-state index in [0.717, 1.165) is 0 Å². The standard InChI is InChI=1S/C10H16N2O3/c1-7-5-9(14)12(10(7)15)4-3-11-6-8(2)13/h5,8,11,13H,3-4,6H2,1-2H3. The normalized spacial score (nSPS) is 18.3. The van der Waals surface area contributed by atoms with Gasteiger partial charge in [0.2, 0.25) is 0 Å². The molecule has 0 bridgehead atoms.